The Labute approximate surface area is 236 Å². The van der Waals surface area contributed by atoms with Crippen LogP contribution in [0.25, 0.3) is 10.9 Å². The molecule has 1 aliphatic rings. The molecule has 1 aromatic heterocycles. The fraction of sp³-hybridized carbons (Fsp3) is 0.688. The maximum absolute atomic E-state index is 10.3. The molecule has 6 radical (unpaired) electrons. The summed E-state index contributed by atoms with van der Waals surface area (Å²) in [6.07, 6.45) is 27.1. The van der Waals surface area contributed by atoms with E-state index >= 15 is 0 Å². The third-order valence-electron chi connectivity index (χ3n) is 8.61. The van der Waals surface area contributed by atoms with Crippen LogP contribution in [0.1, 0.15) is 128 Å². The molecule has 202 valence electrons. The highest BCUT2D eigenvalue weighted by molar-refractivity contribution is 6.57. The topological polar surface area (TPSA) is 39.3 Å². The van der Waals surface area contributed by atoms with E-state index in [0.29, 0.717) is 22.5 Å². The van der Waals surface area contributed by atoms with E-state index in [0.717, 1.165) is 36.8 Å². The quantitative estimate of drug-likeness (QED) is 0.179. The lowest BCUT2D eigenvalue weighted by molar-refractivity contribution is 0.307. The summed E-state index contributed by atoms with van der Waals surface area (Å²) in [6.45, 7) is 7.81. The molecule has 3 nitrogen and oxygen atoms in total. The molecule has 0 aliphatic carbocycles. The van der Waals surface area contributed by atoms with Crippen molar-refractivity contribution in [1.82, 2.24) is 9.88 Å². The van der Waals surface area contributed by atoms with Gasteiger partial charge in [-0.3, -0.25) is 0 Å². The van der Waals surface area contributed by atoms with Gasteiger partial charge in [-0.1, -0.05) is 114 Å². The first-order chi connectivity index (χ1) is 18.5. The van der Waals surface area contributed by atoms with Gasteiger partial charge in [0.2, 0.25) is 0 Å². The second-order valence-electron chi connectivity index (χ2n) is 11.6. The number of phenols is 1. The fourth-order valence-electron chi connectivity index (χ4n) is 6.23. The summed E-state index contributed by atoms with van der Waals surface area (Å²) in [6, 6.07) is 0.401. The number of allylic oxidation sites excluding steroid dienone is 1. The van der Waals surface area contributed by atoms with Gasteiger partial charge >= 0.3 is 0 Å². The van der Waals surface area contributed by atoms with E-state index in [1.54, 1.807) is 0 Å². The molecule has 38 heavy (non-hydrogen) atoms. The number of nitrogens with zero attached hydrogens (tertiary/aromatic N) is 1. The molecule has 1 aromatic carbocycles. The molecular weight excluding hydrogens is 461 g/mol. The number of unbranched alkanes of at least 4 members (excludes halogenated alkanes) is 14. The van der Waals surface area contributed by atoms with Gasteiger partial charge < -0.3 is 15.0 Å². The summed E-state index contributed by atoms with van der Waals surface area (Å²) < 4.78 is 0. The minimum absolute atomic E-state index is 0.114. The third-order valence-corrected chi connectivity index (χ3v) is 8.61. The molecular formula is C32H49B3N2O. The largest absolute Gasteiger partial charge is 0.509 e. The Kier molecular flexibility index (Phi) is 13.3. The van der Waals surface area contributed by atoms with Crippen molar-refractivity contribution in [1.29, 1.82) is 0 Å². The molecule has 0 bridgehead atoms. The van der Waals surface area contributed by atoms with Crippen LogP contribution in [0.15, 0.2) is 18.5 Å². The molecule has 1 unspecified atom stereocenters. The standard InChI is InChI=1S/C32H49B3N2O/c1-3-4-5-6-7-8-9-10-11-12-13-14-15-16-17-19-24(2)37-21-18-20-26(37)22-25-23-36-31-27(25)28(33)32(38)30(35)29(31)34/h23,26,36,38H,2-22H2,1H3. The lowest BCUT2D eigenvalue weighted by Crippen LogP contribution is -2.32. The smallest absolute Gasteiger partial charge is 0.119 e. The molecule has 1 saturated heterocycles. The maximum atomic E-state index is 10.3. The highest BCUT2D eigenvalue weighted by Crippen LogP contribution is 2.29. The Balaban J connectivity index is 1.30. The van der Waals surface area contributed by atoms with E-state index in [4.69, 9.17) is 23.5 Å². The summed E-state index contributed by atoms with van der Waals surface area (Å²) in [5.74, 6) is -0.114. The molecule has 3 rings (SSSR count). The third kappa shape index (κ3) is 8.65. The lowest BCUT2D eigenvalue weighted by Gasteiger charge is -2.29. The predicted octanol–water partition coefficient (Wildman–Crippen LogP) is 6.04. The first kappa shape index (κ1) is 30.8. The Morgan fingerprint density at radius 1 is 0.868 bits per heavy atom. The van der Waals surface area contributed by atoms with Crippen LogP contribution in [0.4, 0.5) is 0 Å². The van der Waals surface area contributed by atoms with E-state index in [1.165, 1.54) is 108 Å². The number of nitrogens with one attached hydrogen (secondary N) is 1. The van der Waals surface area contributed by atoms with Crippen LogP contribution < -0.4 is 16.4 Å². The van der Waals surface area contributed by atoms with Gasteiger partial charge in [0.25, 0.3) is 0 Å². The number of aromatic hydroxyl groups is 1. The first-order valence-electron chi connectivity index (χ1n) is 15.5. The zero-order valence-corrected chi connectivity index (χ0v) is 24.1. The van der Waals surface area contributed by atoms with Gasteiger partial charge in [-0.25, -0.2) is 0 Å². The molecule has 1 fully saturated rings. The summed E-state index contributed by atoms with van der Waals surface area (Å²) in [5.41, 5.74) is 3.87. The van der Waals surface area contributed by atoms with Gasteiger partial charge in [0, 0.05) is 30.0 Å². The van der Waals surface area contributed by atoms with Crippen LogP contribution in [0.5, 0.6) is 5.75 Å². The molecule has 2 heterocycles. The molecule has 0 spiro atoms. The number of fused-ring (bicyclic) bond motifs is 1. The van der Waals surface area contributed by atoms with E-state index in [9.17, 15) is 5.11 Å². The maximum Gasteiger partial charge on any atom is 0.119 e. The first-order valence-corrected chi connectivity index (χ1v) is 15.5. The molecule has 1 aliphatic heterocycles. The van der Waals surface area contributed by atoms with Crippen molar-refractivity contribution in [3.8, 4) is 5.75 Å². The van der Waals surface area contributed by atoms with Crippen LogP contribution in [-0.4, -0.2) is 51.1 Å². The Morgan fingerprint density at radius 3 is 2.00 bits per heavy atom. The molecule has 0 saturated carbocycles. The Morgan fingerprint density at radius 2 is 1.42 bits per heavy atom. The van der Waals surface area contributed by atoms with Crippen molar-refractivity contribution in [2.75, 3.05) is 6.54 Å². The zero-order valence-electron chi connectivity index (χ0n) is 24.1. The van der Waals surface area contributed by atoms with Crippen LogP contribution in [0.2, 0.25) is 0 Å². The summed E-state index contributed by atoms with van der Waals surface area (Å²) >= 11 is 0. The van der Waals surface area contributed by atoms with Crippen molar-refractivity contribution >= 4 is 50.8 Å². The molecule has 6 heteroatoms. The summed E-state index contributed by atoms with van der Waals surface area (Å²) in [5, 5.41) is 11.1. The SMILES string of the molecule is [B]c1c(O)c([B])c2c(CC3CCCN3C(=C)CCCCCCCCCCCCCCCCC)c[nH]c2c1[B]. The van der Waals surface area contributed by atoms with Crippen LogP contribution in [-0.2, 0) is 6.42 Å². The number of aromatic nitrogens is 1. The van der Waals surface area contributed by atoms with Crippen molar-refractivity contribution in [3.05, 3.63) is 24.0 Å². The second-order valence-corrected chi connectivity index (χ2v) is 11.6. The lowest BCUT2D eigenvalue weighted by atomic mass is 9.73. The minimum atomic E-state index is -0.114. The van der Waals surface area contributed by atoms with E-state index in [-0.39, 0.29) is 11.2 Å². The molecule has 0 amide bonds. The summed E-state index contributed by atoms with van der Waals surface area (Å²) in [7, 11) is 18.3. The second kappa shape index (κ2) is 16.4. The van der Waals surface area contributed by atoms with Crippen molar-refractivity contribution in [3.63, 3.8) is 0 Å². The van der Waals surface area contributed by atoms with Crippen LogP contribution in [0.3, 0.4) is 0 Å². The van der Waals surface area contributed by atoms with Gasteiger partial charge in [-0.15, -0.1) is 0 Å². The number of likely N-dealkylation sites (tertiary alicyclic amines) is 1. The van der Waals surface area contributed by atoms with Crippen molar-refractivity contribution < 1.29 is 5.11 Å². The average molecular weight is 510 g/mol. The van der Waals surface area contributed by atoms with Gasteiger partial charge in [-0.05, 0) is 48.5 Å². The fourth-order valence-corrected chi connectivity index (χ4v) is 6.23. The van der Waals surface area contributed by atoms with E-state index in [2.05, 4.69) is 23.4 Å². The number of H-pyrrole nitrogens is 1. The molecule has 1 atom stereocenters. The van der Waals surface area contributed by atoms with Crippen LogP contribution >= 0.6 is 0 Å². The number of aromatic amines is 1. The Hall–Kier alpha value is -1.71. The normalized spacial score (nSPS) is 15.6. The molecule has 2 N–H and O–H groups in total. The van der Waals surface area contributed by atoms with Gasteiger partial charge in [0.05, 0.1) is 0 Å². The Bertz CT molecular complexity index is 1000. The van der Waals surface area contributed by atoms with Gasteiger partial charge in [-0.2, -0.15) is 0 Å². The number of hydrogen-bond donors (Lipinski definition) is 2. The monoisotopic (exact) mass is 510 g/mol. The van der Waals surface area contributed by atoms with E-state index < -0.39 is 0 Å². The number of benzene rings is 1. The van der Waals surface area contributed by atoms with Crippen molar-refractivity contribution in [2.24, 2.45) is 0 Å². The van der Waals surface area contributed by atoms with Crippen molar-refractivity contribution in [2.45, 2.75) is 135 Å². The average Bonchev–Trinajstić information content (AvgIpc) is 3.56. The number of phenolic OH excluding ortho intramolecular Hbond substituents is 1. The highest BCUT2D eigenvalue weighted by Gasteiger charge is 2.27. The zero-order chi connectivity index (χ0) is 27.3. The minimum Gasteiger partial charge on any atom is -0.509 e. The van der Waals surface area contributed by atoms with E-state index in [1.807, 2.05) is 6.20 Å². The van der Waals surface area contributed by atoms with Gasteiger partial charge in [0.1, 0.15) is 29.3 Å². The predicted molar refractivity (Wildman–Crippen MR) is 168 cm³/mol. The van der Waals surface area contributed by atoms with Crippen LogP contribution in [0, 0.1) is 0 Å². The van der Waals surface area contributed by atoms with Gasteiger partial charge in [0.15, 0.2) is 0 Å². The number of hydrogen-bond acceptors (Lipinski definition) is 2. The number of rotatable bonds is 19. The summed E-state index contributed by atoms with van der Waals surface area (Å²) in [4.78, 5) is 5.73. The molecule has 2 aromatic rings. The highest BCUT2D eigenvalue weighted by atomic mass is 16.3.